The van der Waals surface area contributed by atoms with Gasteiger partial charge in [-0.3, -0.25) is 0 Å². The standard InChI is InChI=1S/C11H9NO2/c1-8-6-14-11-9(5-12-7-13)3-2-4-10(8)11/h2-4,6H,5H2,1H3. The van der Waals surface area contributed by atoms with Gasteiger partial charge in [-0.1, -0.05) is 18.2 Å². The number of rotatable bonds is 2. The van der Waals surface area contributed by atoms with Crippen LogP contribution in [0.25, 0.3) is 11.0 Å². The lowest BCUT2D eigenvalue weighted by Crippen LogP contribution is -1.81. The Balaban J connectivity index is 2.59. The summed E-state index contributed by atoms with van der Waals surface area (Å²) >= 11 is 0. The van der Waals surface area contributed by atoms with E-state index >= 15 is 0 Å². The molecular weight excluding hydrogens is 178 g/mol. The third-order valence-electron chi connectivity index (χ3n) is 2.19. The average Bonchev–Trinajstić information content (AvgIpc) is 2.58. The van der Waals surface area contributed by atoms with E-state index in [9.17, 15) is 4.79 Å². The fraction of sp³-hybridized carbons (Fsp3) is 0.182. The van der Waals surface area contributed by atoms with E-state index in [2.05, 4.69) is 4.99 Å². The van der Waals surface area contributed by atoms with Gasteiger partial charge in [0.15, 0.2) is 0 Å². The molecule has 1 aromatic carbocycles. The second kappa shape index (κ2) is 3.48. The molecule has 0 spiro atoms. The quantitative estimate of drug-likeness (QED) is 0.535. The molecule has 3 nitrogen and oxygen atoms in total. The van der Waals surface area contributed by atoms with Crippen molar-refractivity contribution in [2.75, 3.05) is 0 Å². The van der Waals surface area contributed by atoms with Gasteiger partial charge in [-0.2, -0.15) is 0 Å². The normalized spacial score (nSPS) is 10.1. The molecule has 0 bridgehead atoms. The Morgan fingerprint density at radius 1 is 1.50 bits per heavy atom. The van der Waals surface area contributed by atoms with Gasteiger partial charge in [0.25, 0.3) is 0 Å². The van der Waals surface area contributed by atoms with E-state index in [1.165, 1.54) is 6.08 Å². The van der Waals surface area contributed by atoms with Crippen LogP contribution < -0.4 is 0 Å². The summed E-state index contributed by atoms with van der Waals surface area (Å²) < 4.78 is 5.39. The molecule has 0 N–H and O–H groups in total. The van der Waals surface area contributed by atoms with E-state index in [-0.39, 0.29) is 0 Å². The Morgan fingerprint density at radius 3 is 3.14 bits per heavy atom. The molecule has 0 saturated carbocycles. The van der Waals surface area contributed by atoms with E-state index in [1.54, 1.807) is 6.26 Å². The number of nitrogens with zero attached hydrogens (tertiary/aromatic N) is 1. The summed E-state index contributed by atoms with van der Waals surface area (Å²) in [6.07, 6.45) is 3.23. The number of aryl methyl sites for hydroxylation is 1. The first-order chi connectivity index (χ1) is 6.83. The topological polar surface area (TPSA) is 42.6 Å². The molecule has 0 unspecified atom stereocenters. The lowest BCUT2D eigenvalue weighted by atomic mass is 10.1. The Hall–Kier alpha value is -1.86. The molecular formula is C11H9NO2. The van der Waals surface area contributed by atoms with Crippen LogP contribution in [0, 0.1) is 6.92 Å². The Bertz CT molecular complexity index is 507. The van der Waals surface area contributed by atoms with Gasteiger partial charge in [0.2, 0.25) is 6.08 Å². The van der Waals surface area contributed by atoms with Crippen LogP contribution in [0.4, 0.5) is 0 Å². The molecule has 14 heavy (non-hydrogen) atoms. The van der Waals surface area contributed by atoms with Gasteiger partial charge in [0, 0.05) is 10.9 Å². The van der Waals surface area contributed by atoms with E-state index in [0.29, 0.717) is 6.54 Å². The first-order valence-electron chi connectivity index (χ1n) is 4.32. The summed E-state index contributed by atoms with van der Waals surface area (Å²) in [6.45, 7) is 2.31. The van der Waals surface area contributed by atoms with Gasteiger partial charge in [-0.05, 0) is 12.5 Å². The smallest absolute Gasteiger partial charge is 0.235 e. The number of hydrogen-bond acceptors (Lipinski definition) is 3. The van der Waals surface area contributed by atoms with E-state index in [4.69, 9.17) is 4.42 Å². The van der Waals surface area contributed by atoms with Crippen LogP contribution in [0.3, 0.4) is 0 Å². The number of furan rings is 1. The number of para-hydroxylation sites is 1. The van der Waals surface area contributed by atoms with Crippen LogP contribution in [0.2, 0.25) is 0 Å². The molecule has 0 aliphatic heterocycles. The van der Waals surface area contributed by atoms with Crippen LogP contribution in [-0.4, -0.2) is 6.08 Å². The Labute approximate surface area is 81.1 Å². The SMILES string of the molecule is Cc1coc2c(CN=C=O)cccc12. The minimum Gasteiger partial charge on any atom is -0.464 e. The molecule has 1 heterocycles. The molecule has 0 fully saturated rings. The highest BCUT2D eigenvalue weighted by molar-refractivity contribution is 5.83. The number of hydrogen-bond donors (Lipinski definition) is 0. The zero-order valence-electron chi connectivity index (χ0n) is 7.78. The lowest BCUT2D eigenvalue weighted by molar-refractivity contribution is 0.562. The van der Waals surface area contributed by atoms with Gasteiger partial charge < -0.3 is 4.42 Å². The fourth-order valence-electron chi connectivity index (χ4n) is 1.49. The monoisotopic (exact) mass is 187 g/mol. The van der Waals surface area contributed by atoms with Crippen molar-refractivity contribution in [3.05, 3.63) is 35.6 Å². The number of aliphatic imine (C=N–C) groups is 1. The maximum absolute atomic E-state index is 10.00. The van der Waals surface area contributed by atoms with Crippen molar-refractivity contribution in [2.45, 2.75) is 13.5 Å². The molecule has 0 atom stereocenters. The van der Waals surface area contributed by atoms with Crippen molar-refractivity contribution in [3.8, 4) is 0 Å². The van der Waals surface area contributed by atoms with Crippen LogP contribution in [0.1, 0.15) is 11.1 Å². The van der Waals surface area contributed by atoms with Gasteiger partial charge >= 0.3 is 0 Å². The van der Waals surface area contributed by atoms with Gasteiger partial charge in [-0.25, -0.2) is 9.79 Å². The number of benzene rings is 1. The molecule has 2 aromatic rings. The average molecular weight is 187 g/mol. The highest BCUT2D eigenvalue weighted by Crippen LogP contribution is 2.24. The van der Waals surface area contributed by atoms with Crippen LogP contribution in [-0.2, 0) is 11.3 Å². The number of isocyanates is 1. The molecule has 2 rings (SSSR count). The number of fused-ring (bicyclic) bond motifs is 1. The zero-order chi connectivity index (χ0) is 9.97. The van der Waals surface area contributed by atoms with Crippen LogP contribution in [0.15, 0.2) is 33.9 Å². The minimum absolute atomic E-state index is 0.327. The maximum Gasteiger partial charge on any atom is 0.235 e. The van der Waals surface area contributed by atoms with Crippen molar-refractivity contribution >= 4 is 17.0 Å². The molecule has 0 aliphatic rings. The second-order valence-electron chi connectivity index (χ2n) is 3.12. The largest absolute Gasteiger partial charge is 0.464 e. The molecule has 1 aromatic heterocycles. The lowest BCUT2D eigenvalue weighted by Gasteiger charge is -1.96. The van der Waals surface area contributed by atoms with Crippen LogP contribution >= 0.6 is 0 Å². The fourth-order valence-corrected chi connectivity index (χ4v) is 1.49. The summed E-state index contributed by atoms with van der Waals surface area (Å²) in [5, 5.41) is 1.07. The van der Waals surface area contributed by atoms with Crippen molar-refractivity contribution < 1.29 is 9.21 Å². The summed E-state index contributed by atoms with van der Waals surface area (Å²) in [6, 6.07) is 5.81. The van der Waals surface area contributed by atoms with Crippen molar-refractivity contribution in [3.63, 3.8) is 0 Å². The molecule has 3 heteroatoms. The summed E-state index contributed by atoms with van der Waals surface area (Å²) in [5.74, 6) is 0. The molecule has 70 valence electrons. The predicted octanol–water partition coefficient (Wildman–Crippen LogP) is 2.58. The third kappa shape index (κ3) is 1.34. The molecule has 0 radical (unpaired) electrons. The van der Waals surface area contributed by atoms with Gasteiger partial charge in [0.1, 0.15) is 5.58 Å². The van der Waals surface area contributed by atoms with Crippen molar-refractivity contribution in [1.29, 1.82) is 0 Å². The molecule has 0 saturated heterocycles. The van der Waals surface area contributed by atoms with Crippen LogP contribution in [0.5, 0.6) is 0 Å². The summed E-state index contributed by atoms with van der Waals surface area (Å²) in [4.78, 5) is 13.5. The maximum atomic E-state index is 10.00. The summed E-state index contributed by atoms with van der Waals surface area (Å²) in [5.41, 5.74) is 2.82. The summed E-state index contributed by atoms with van der Waals surface area (Å²) in [7, 11) is 0. The van der Waals surface area contributed by atoms with Gasteiger partial charge in [0.05, 0.1) is 12.8 Å². The Morgan fingerprint density at radius 2 is 2.36 bits per heavy atom. The van der Waals surface area contributed by atoms with E-state index < -0.39 is 0 Å². The zero-order valence-corrected chi connectivity index (χ0v) is 7.78. The van der Waals surface area contributed by atoms with Crippen molar-refractivity contribution in [1.82, 2.24) is 0 Å². The second-order valence-corrected chi connectivity index (χ2v) is 3.12. The van der Waals surface area contributed by atoms with Gasteiger partial charge in [-0.15, -0.1) is 0 Å². The Kier molecular flexibility index (Phi) is 2.17. The van der Waals surface area contributed by atoms with E-state index in [1.807, 2.05) is 25.1 Å². The highest BCUT2D eigenvalue weighted by atomic mass is 16.3. The molecule has 0 aliphatic carbocycles. The predicted molar refractivity (Wildman–Crippen MR) is 52.8 cm³/mol. The van der Waals surface area contributed by atoms with Crippen molar-refractivity contribution in [2.24, 2.45) is 4.99 Å². The number of carbonyl (C=O) groups excluding carboxylic acids is 1. The highest BCUT2D eigenvalue weighted by Gasteiger charge is 2.05. The first-order valence-corrected chi connectivity index (χ1v) is 4.32. The minimum atomic E-state index is 0.327. The van der Waals surface area contributed by atoms with E-state index in [0.717, 1.165) is 22.1 Å². The molecule has 0 amide bonds. The first kappa shape index (κ1) is 8.73. The third-order valence-corrected chi connectivity index (χ3v) is 2.19.